The van der Waals surface area contributed by atoms with Gasteiger partial charge >= 0.3 is 0 Å². The minimum Gasteiger partial charge on any atom is -0.497 e. The predicted octanol–water partition coefficient (Wildman–Crippen LogP) is 4.00. The summed E-state index contributed by atoms with van der Waals surface area (Å²) in [6.45, 7) is 3.59. The second-order valence-electron chi connectivity index (χ2n) is 8.48. The van der Waals surface area contributed by atoms with Gasteiger partial charge in [0.15, 0.2) is 0 Å². The van der Waals surface area contributed by atoms with E-state index in [2.05, 4.69) is 23.5 Å². The third-order valence-electron chi connectivity index (χ3n) is 6.21. The van der Waals surface area contributed by atoms with Crippen molar-refractivity contribution in [2.24, 2.45) is 0 Å². The standard InChI is InChI=1S/C25H34N2O5S/c1-6-22(20-12-11-18-9-7-8-10-19(18)15-20)26-25(28)17(2)27(33(5,29)30)23-16-21(31-3)13-14-24(23)32-4/h11-17,22H,6-10H2,1-5H3,(H,26,28)/t17-,22-/m1/s1. The lowest BCUT2D eigenvalue weighted by Gasteiger charge is -2.31. The zero-order valence-electron chi connectivity index (χ0n) is 20.1. The van der Waals surface area contributed by atoms with E-state index in [0.717, 1.165) is 29.0 Å². The van der Waals surface area contributed by atoms with Crippen LogP contribution >= 0.6 is 0 Å². The van der Waals surface area contributed by atoms with E-state index in [4.69, 9.17) is 9.47 Å². The molecule has 1 aliphatic rings. The quantitative estimate of drug-likeness (QED) is 0.594. The molecule has 0 spiro atoms. The number of anilines is 1. The van der Waals surface area contributed by atoms with Gasteiger partial charge in [-0.3, -0.25) is 9.10 Å². The Morgan fingerprint density at radius 1 is 1.06 bits per heavy atom. The Bertz CT molecular complexity index is 1100. The van der Waals surface area contributed by atoms with E-state index in [1.54, 1.807) is 25.1 Å². The molecule has 1 aliphatic carbocycles. The number of nitrogens with zero attached hydrogens (tertiary/aromatic N) is 1. The van der Waals surface area contributed by atoms with Gasteiger partial charge in [0.2, 0.25) is 15.9 Å². The van der Waals surface area contributed by atoms with Crippen LogP contribution in [0.1, 0.15) is 55.8 Å². The van der Waals surface area contributed by atoms with Gasteiger partial charge in [0, 0.05) is 6.07 Å². The molecule has 0 bridgehead atoms. The molecule has 0 fully saturated rings. The van der Waals surface area contributed by atoms with Crippen molar-refractivity contribution in [1.29, 1.82) is 0 Å². The van der Waals surface area contributed by atoms with Gasteiger partial charge in [-0.25, -0.2) is 8.42 Å². The molecule has 8 heteroatoms. The second-order valence-corrected chi connectivity index (χ2v) is 10.3. The molecule has 3 rings (SSSR count). The number of methoxy groups -OCH3 is 2. The van der Waals surface area contributed by atoms with Gasteiger partial charge in [0.25, 0.3) is 0 Å². The van der Waals surface area contributed by atoms with E-state index in [-0.39, 0.29) is 17.6 Å². The van der Waals surface area contributed by atoms with Crippen molar-refractivity contribution in [3.05, 3.63) is 53.1 Å². The molecule has 0 radical (unpaired) electrons. The third kappa shape index (κ3) is 5.61. The zero-order chi connectivity index (χ0) is 24.2. The van der Waals surface area contributed by atoms with E-state index in [9.17, 15) is 13.2 Å². The largest absolute Gasteiger partial charge is 0.497 e. The second kappa shape index (κ2) is 10.5. The number of carbonyl (C=O) groups excluding carboxylic acids is 1. The molecule has 180 valence electrons. The van der Waals surface area contributed by atoms with Crippen molar-refractivity contribution >= 4 is 21.6 Å². The molecule has 0 aromatic heterocycles. The van der Waals surface area contributed by atoms with Gasteiger partial charge < -0.3 is 14.8 Å². The van der Waals surface area contributed by atoms with Crippen LogP contribution in [0.25, 0.3) is 0 Å². The molecule has 0 aliphatic heterocycles. The van der Waals surface area contributed by atoms with Gasteiger partial charge in [0.1, 0.15) is 17.5 Å². The van der Waals surface area contributed by atoms with E-state index in [0.29, 0.717) is 17.9 Å². The Labute approximate surface area is 197 Å². The molecular formula is C25H34N2O5S. The molecule has 0 saturated heterocycles. The van der Waals surface area contributed by atoms with Crippen LogP contribution < -0.4 is 19.1 Å². The lowest BCUT2D eigenvalue weighted by Crippen LogP contribution is -2.48. The van der Waals surface area contributed by atoms with Crippen molar-refractivity contribution in [3.63, 3.8) is 0 Å². The molecule has 1 N–H and O–H groups in total. The first-order valence-electron chi connectivity index (χ1n) is 11.3. The smallest absolute Gasteiger partial charge is 0.244 e. The predicted molar refractivity (Wildman–Crippen MR) is 131 cm³/mol. The summed E-state index contributed by atoms with van der Waals surface area (Å²) in [6.07, 6.45) is 6.33. The SMILES string of the molecule is CC[C@@H](NC(=O)[C@@H](C)N(c1cc(OC)ccc1OC)S(C)(=O)=O)c1ccc2c(c1)CCCC2. The van der Waals surface area contributed by atoms with Crippen LogP contribution in [0.4, 0.5) is 5.69 Å². The van der Waals surface area contributed by atoms with E-state index < -0.39 is 16.1 Å². The molecule has 33 heavy (non-hydrogen) atoms. The minimum atomic E-state index is -3.80. The fourth-order valence-electron chi connectivity index (χ4n) is 4.43. The van der Waals surface area contributed by atoms with Gasteiger partial charge in [-0.15, -0.1) is 0 Å². The Morgan fingerprint density at radius 3 is 2.36 bits per heavy atom. The Morgan fingerprint density at radius 2 is 1.76 bits per heavy atom. The average Bonchev–Trinajstić information content (AvgIpc) is 2.81. The molecule has 2 aromatic rings. The van der Waals surface area contributed by atoms with Crippen molar-refractivity contribution in [2.75, 3.05) is 24.8 Å². The fourth-order valence-corrected chi connectivity index (χ4v) is 5.60. The maximum atomic E-state index is 13.3. The highest BCUT2D eigenvalue weighted by molar-refractivity contribution is 7.92. The number of hydrogen-bond acceptors (Lipinski definition) is 5. The lowest BCUT2D eigenvalue weighted by atomic mass is 9.88. The lowest BCUT2D eigenvalue weighted by molar-refractivity contribution is -0.122. The number of sulfonamides is 1. The Kier molecular flexibility index (Phi) is 7.89. The average molecular weight is 475 g/mol. The molecule has 1 amide bonds. The van der Waals surface area contributed by atoms with Crippen molar-refractivity contribution in [1.82, 2.24) is 5.32 Å². The molecule has 0 unspecified atom stereocenters. The number of benzene rings is 2. The summed E-state index contributed by atoms with van der Waals surface area (Å²) in [4.78, 5) is 13.3. The third-order valence-corrected chi connectivity index (χ3v) is 7.44. The first kappa shape index (κ1) is 24.9. The van der Waals surface area contributed by atoms with Crippen LogP contribution in [0.3, 0.4) is 0 Å². The van der Waals surface area contributed by atoms with Crippen LogP contribution in [-0.4, -0.2) is 40.8 Å². The number of aryl methyl sites for hydroxylation is 2. The van der Waals surface area contributed by atoms with Crippen LogP contribution in [0.2, 0.25) is 0 Å². The summed E-state index contributed by atoms with van der Waals surface area (Å²) in [5.74, 6) is 0.421. The summed E-state index contributed by atoms with van der Waals surface area (Å²) in [7, 11) is -0.847. The van der Waals surface area contributed by atoms with E-state index in [1.165, 1.54) is 38.2 Å². The van der Waals surface area contributed by atoms with Crippen LogP contribution in [0.5, 0.6) is 11.5 Å². The maximum absolute atomic E-state index is 13.3. The van der Waals surface area contributed by atoms with Crippen molar-refractivity contribution in [3.8, 4) is 11.5 Å². The topological polar surface area (TPSA) is 84.9 Å². The zero-order valence-corrected chi connectivity index (χ0v) is 20.9. The number of ether oxygens (including phenoxy) is 2. The summed E-state index contributed by atoms with van der Waals surface area (Å²) < 4.78 is 37.3. The summed E-state index contributed by atoms with van der Waals surface area (Å²) in [6, 6.07) is 10.1. The minimum absolute atomic E-state index is 0.208. The summed E-state index contributed by atoms with van der Waals surface area (Å²) in [5, 5.41) is 3.06. The van der Waals surface area contributed by atoms with Crippen molar-refractivity contribution in [2.45, 2.75) is 58.0 Å². The Hall–Kier alpha value is -2.74. The van der Waals surface area contributed by atoms with E-state index in [1.807, 2.05) is 6.92 Å². The first-order chi connectivity index (χ1) is 15.7. The monoisotopic (exact) mass is 474 g/mol. The number of nitrogens with one attached hydrogen (secondary N) is 1. The highest BCUT2D eigenvalue weighted by Crippen LogP contribution is 2.35. The number of rotatable bonds is 9. The van der Waals surface area contributed by atoms with Crippen LogP contribution in [0.15, 0.2) is 36.4 Å². The molecule has 0 heterocycles. The summed E-state index contributed by atoms with van der Waals surface area (Å²) >= 11 is 0. The normalized spacial score (nSPS) is 15.2. The van der Waals surface area contributed by atoms with Crippen molar-refractivity contribution < 1.29 is 22.7 Å². The van der Waals surface area contributed by atoms with Gasteiger partial charge in [-0.1, -0.05) is 25.1 Å². The molecule has 7 nitrogen and oxygen atoms in total. The van der Waals surface area contributed by atoms with E-state index >= 15 is 0 Å². The molecule has 0 saturated carbocycles. The summed E-state index contributed by atoms with van der Waals surface area (Å²) in [5.41, 5.74) is 4.03. The number of fused-ring (bicyclic) bond motifs is 1. The first-order valence-corrected chi connectivity index (χ1v) is 13.2. The molecular weight excluding hydrogens is 440 g/mol. The highest BCUT2D eigenvalue weighted by Gasteiger charge is 2.32. The number of hydrogen-bond donors (Lipinski definition) is 1. The molecule has 2 aromatic carbocycles. The van der Waals surface area contributed by atoms with Crippen LogP contribution in [0, 0.1) is 0 Å². The maximum Gasteiger partial charge on any atom is 0.244 e. The van der Waals surface area contributed by atoms with Gasteiger partial charge in [-0.2, -0.15) is 0 Å². The number of carbonyl (C=O) groups is 1. The van der Waals surface area contributed by atoms with Gasteiger partial charge in [-0.05, 0) is 67.9 Å². The Balaban J connectivity index is 1.89. The number of amides is 1. The van der Waals surface area contributed by atoms with Crippen LogP contribution in [-0.2, 0) is 27.7 Å². The highest BCUT2D eigenvalue weighted by atomic mass is 32.2. The van der Waals surface area contributed by atoms with Gasteiger partial charge in [0.05, 0.1) is 32.2 Å². The molecule has 2 atom stereocenters. The fraction of sp³-hybridized carbons (Fsp3) is 0.480.